The molecule has 2 fully saturated rings. The number of hydrogen-bond acceptors (Lipinski definition) is 3. The number of nitrogens with zero attached hydrogens (tertiary/aromatic N) is 1. The highest BCUT2D eigenvalue weighted by Gasteiger charge is 2.28. The van der Waals surface area contributed by atoms with Gasteiger partial charge < -0.3 is 5.11 Å². The predicted octanol–water partition coefficient (Wildman–Crippen LogP) is 1.74. The fourth-order valence-corrected chi connectivity index (χ4v) is 5.03. The Morgan fingerprint density at radius 1 is 1.19 bits per heavy atom. The van der Waals surface area contributed by atoms with Gasteiger partial charge in [0.05, 0.1) is 0 Å². The Kier molecular flexibility index (Phi) is 6.47. The van der Waals surface area contributed by atoms with Gasteiger partial charge in [-0.15, -0.1) is 0 Å². The van der Waals surface area contributed by atoms with Crippen LogP contribution in [0.2, 0.25) is 0 Å². The Morgan fingerprint density at radius 3 is 2.67 bits per heavy atom. The van der Waals surface area contributed by atoms with Crippen molar-refractivity contribution in [1.82, 2.24) is 9.03 Å². The summed E-state index contributed by atoms with van der Waals surface area (Å²) in [6, 6.07) is 0. The number of aliphatic hydroxyl groups excluding tert-OH is 1. The maximum atomic E-state index is 12.3. The molecule has 1 saturated heterocycles. The number of nitrogens with one attached hydrogen (secondary N) is 1. The Balaban J connectivity index is 1.75. The standard InChI is InChI=1S/C15H30N2O3S/c1-13-4-2-5-14(10-13)7-8-16-21(19,20)17-9-3-6-15(11-17)12-18/h13-16,18H,2-12H2,1H3. The molecular formula is C15H30N2O3S. The summed E-state index contributed by atoms with van der Waals surface area (Å²) in [6.45, 7) is 3.93. The van der Waals surface area contributed by atoms with E-state index in [1.54, 1.807) is 0 Å². The number of piperidine rings is 1. The summed E-state index contributed by atoms with van der Waals surface area (Å²) in [4.78, 5) is 0. The largest absolute Gasteiger partial charge is 0.396 e. The third kappa shape index (κ3) is 5.20. The zero-order valence-electron chi connectivity index (χ0n) is 13.1. The monoisotopic (exact) mass is 318 g/mol. The van der Waals surface area contributed by atoms with Gasteiger partial charge in [-0.1, -0.05) is 26.2 Å². The van der Waals surface area contributed by atoms with Crippen molar-refractivity contribution >= 4 is 10.2 Å². The van der Waals surface area contributed by atoms with Crippen LogP contribution in [0.3, 0.4) is 0 Å². The van der Waals surface area contributed by atoms with E-state index in [0.717, 1.165) is 25.2 Å². The quantitative estimate of drug-likeness (QED) is 0.784. The summed E-state index contributed by atoms with van der Waals surface area (Å²) in [7, 11) is -3.37. The molecule has 1 aliphatic carbocycles. The van der Waals surface area contributed by atoms with Crippen molar-refractivity contribution in [2.24, 2.45) is 17.8 Å². The summed E-state index contributed by atoms with van der Waals surface area (Å²) in [5.74, 6) is 1.55. The van der Waals surface area contributed by atoms with Crippen molar-refractivity contribution in [3.8, 4) is 0 Å². The Labute approximate surface area is 129 Å². The lowest BCUT2D eigenvalue weighted by Crippen LogP contribution is -2.47. The van der Waals surface area contributed by atoms with Crippen LogP contribution in [0.5, 0.6) is 0 Å². The molecule has 5 nitrogen and oxygen atoms in total. The first kappa shape index (κ1) is 17.2. The van der Waals surface area contributed by atoms with Crippen LogP contribution in [-0.2, 0) is 10.2 Å². The van der Waals surface area contributed by atoms with Gasteiger partial charge in [-0.05, 0) is 43.4 Å². The first-order valence-corrected chi connectivity index (χ1v) is 9.81. The van der Waals surface area contributed by atoms with Gasteiger partial charge in [0.15, 0.2) is 0 Å². The van der Waals surface area contributed by atoms with Gasteiger partial charge in [-0.2, -0.15) is 12.7 Å². The molecule has 3 unspecified atom stereocenters. The molecule has 0 bridgehead atoms. The Morgan fingerprint density at radius 2 is 1.95 bits per heavy atom. The lowest BCUT2D eigenvalue weighted by Gasteiger charge is -2.31. The molecule has 1 heterocycles. The molecule has 6 heteroatoms. The molecule has 0 amide bonds. The van der Waals surface area contributed by atoms with Crippen LogP contribution in [0.4, 0.5) is 0 Å². The van der Waals surface area contributed by atoms with Gasteiger partial charge in [0.1, 0.15) is 0 Å². The minimum Gasteiger partial charge on any atom is -0.396 e. The van der Waals surface area contributed by atoms with Crippen LogP contribution < -0.4 is 4.72 Å². The molecule has 0 spiro atoms. The maximum absolute atomic E-state index is 12.3. The molecule has 1 saturated carbocycles. The fraction of sp³-hybridized carbons (Fsp3) is 1.00. The molecule has 2 rings (SSSR count). The SMILES string of the molecule is CC1CCCC(CCNS(=O)(=O)N2CCCC(CO)C2)C1. The van der Waals surface area contributed by atoms with Crippen molar-refractivity contribution in [2.75, 3.05) is 26.2 Å². The molecule has 0 aromatic carbocycles. The molecule has 124 valence electrons. The van der Waals surface area contributed by atoms with Crippen molar-refractivity contribution < 1.29 is 13.5 Å². The zero-order chi connectivity index (χ0) is 15.3. The van der Waals surface area contributed by atoms with Crippen molar-refractivity contribution in [3.05, 3.63) is 0 Å². The van der Waals surface area contributed by atoms with E-state index in [4.69, 9.17) is 0 Å². The van der Waals surface area contributed by atoms with Gasteiger partial charge in [0.25, 0.3) is 10.2 Å². The van der Waals surface area contributed by atoms with Gasteiger partial charge in [-0.3, -0.25) is 0 Å². The van der Waals surface area contributed by atoms with Crippen LogP contribution in [0.1, 0.15) is 51.9 Å². The highest BCUT2D eigenvalue weighted by atomic mass is 32.2. The highest BCUT2D eigenvalue weighted by Crippen LogP contribution is 2.30. The number of rotatable bonds is 6. The average molecular weight is 318 g/mol. The van der Waals surface area contributed by atoms with E-state index in [1.807, 2.05) is 0 Å². The van der Waals surface area contributed by atoms with Gasteiger partial charge in [0, 0.05) is 26.2 Å². The molecule has 2 N–H and O–H groups in total. The second kappa shape index (κ2) is 7.90. The van der Waals surface area contributed by atoms with E-state index in [0.29, 0.717) is 25.6 Å². The van der Waals surface area contributed by atoms with Gasteiger partial charge in [-0.25, -0.2) is 4.72 Å². The third-order valence-electron chi connectivity index (χ3n) is 4.96. The van der Waals surface area contributed by atoms with E-state index >= 15 is 0 Å². The van der Waals surface area contributed by atoms with Crippen LogP contribution in [0, 0.1) is 17.8 Å². The third-order valence-corrected chi connectivity index (χ3v) is 6.54. The summed E-state index contributed by atoms with van der Waals surface area (Å²) in [5, 5.41) is 9.20. The van der Waals surface area contributed by atoms with Crippen LogP contribution in [0.25, 0.3) is 0 Å². The highest BCUT2D eigenvalue weighted by molar-refractivity contribution is 7.87. The second-order valence-electron chi connectivity index (χ2n) is 6.87. The Hall–Kier alpha value is -0.170. The molecule has 3 atom stereocenters. The van der Waals surface area contributed by atoms with Crippen molar-refractivity contribution in [2.45, 2.75) is 51.9 Å². The summed E-state index contributed by atoms with van der Waals surface area (Å²) < 4.78 is 28.8. The van der Waals surface area contributed by atoms with E-state index in [-0.39, 0.29) is 12.5 Å². The Bertz CT molecular complexity index is 413. The molecular weight excluding hydrogens is 288 g/mol. The number of aliphatic hydroxyl groups is 1. The van der Waals surface area contributed by atoms with Gasteiger partial charge >= 0.3 is 0 Å². The lowest BCUT2D eigenvalue weighted by atomic mass is 9.81. The van der Waals surface area contributed by atoms with Crippen LogP contribution in [-0.4, -0.2) is 44.1 Å². The predicted molar refractivity (Wildman–Crippen MR) is 84.0 cm³/mol. The minimum atomic E-state index is -3.37. The van der Waals surface area contributed by atoms with Crippen molar-refractivity contribution in [1.29, 1.82) is 0 Å². The first-order valence-electron chi connectivity index (χ1n) is 8.37. The summed E-state index contributed by atoms with van der Waals surface area (Å²) >= 11 is 0. The van der Waals surface area contributed by atoms with Crippen LogP contribution in [0.15, 0.2) is 0 Å². The molecule has 0 aromatic rings. The smallest absolute Gasteiger partial charge is 0.279 e. The van der Waals surface area contributed by atoms with E-state index in [1.165, 1.54) is 30.0 Å². The maximum Gasteiger partial charge on any atom is 0.279 e. The van der Waals surface area contributed by atoms with E-state index < -0.39 is 10.2 Å². The van der Waals surface area contributed by atoms with Gasteiger partial charge in [0.2, 0.25) is 0 Å². The summed E-state index contributed by atoms with van der Waals surface area (Å²) in [5.41, 5.74) is 0. The topological polar surface area (TPSA) is 69.6 Å². The zero-order valence-corrected chi connectivity index (χ0v) is 13.9. The van der Waals surface area contributed by atoms with Crippen molar-refractivity contribution in [3.63, 3.8) is 0 Å². The van der Waals surface area contributed by atoms with E-state index in [9.17, 15) is 13.5 Å². The fourth-order valence-electron chi connectivity index (χ4n) is 3.70. The summed E-state index contributed by atoms with van der Waals surface area (Å²) in [6.07, 6.45) is 7.78. The second-order valence-corrected chi connectivity index (χ2v) is 8.63. The number of hydrogen-bond donors (Lipinski definition) is 2. The molecule has 0 radical (unpaired) electrons. The molecule has 21 heavy (non-hydrogen) atoms. The van der Waals surface area contributed by atoms with E-state index in [2.05, 4.69) is 11.6 Å². The first-order chi connectivity index (χ1) is 10.0. The minimum absolute atomic E-state index is 0.0754. The molecule has 1 aliphatic heterocycles. The lowest BCUT2D eigenvalue weighted by molar-refractivity contribution is 0.164. The molecule has 2 aliphatic rings. The average Bonchev–Trinajstić information content (AvgIpc) is 2.47. The normalized spacial score (nSPS) is 32.2. The molecule has 0 aromatic heterocycles. The van der Waals surface area contributed by atoms with Crippen LogP contribution >= 0.6 is 0 Å².